The van der Waals surface area contributed by atoms with Gasteiger partial charge < -0.3 is 4.74 Å². The summed E-state index contributed by atoms with van der Waals surface area (Å²) in [6.07, 6.45) is 3.28. The quantitative estimate of drug-likeness (QED) is 0.547. The van der Waals surface area contributed by atoms with Crippen LogP contribution in [0.3, 0.4) is 0 Å². The van der Waals surface area contributed by atoms with E-state index in [0.717, 1.165) is 24.3 Å². The Hall–Kier alpha value is -1.87. The molecule has 1 aromatic rings. The number of amides is 1. The molecule has 0 saturated heterocycles. The second kappa shape index (κ2) is 9.14. The van der Waals surface area contributed by atoms with Gasteiger partial charge in [-0.1, -0.05) is 13.3 Å². The molecule has 0 aromatic carbocycles. The maximum absolute atomic E-state index is 12.2. The molecular weight excluding hydrogens is 288 g/mol. The van der Waals surface area contributed by atoms with Gasteiger partial charge in [0.25, 0.3) is 0 Å². The molecule has 1 rings (SSSR count). The van der Waals surface area contributed by atoms with Gasteiger partial charge in [0.15, 0.2) is 0 Å². The minimum Gasteiger partial charge on any atom is -0.469 e. The number of nitrogens with zero attached hydrogens (tertiary/aromatic N) is 2. The molecule has 0 unspecified atom stereocenters. The molecule has 5 nitrogen and oxygen atoms in total. The smallest absolute Gasteiger partial charge is 0.306 e. The molecule has 0 atom stereocenters. The number of rotatable bonds is 8. The van der Waals surface area contributed by atoms with Gasteiger partial charge in [-0.15, -0.1) is 11.3 Å². The van der Waals surface area contributed by atoms with Crippen LogP contribution in [0.5, 0.6) is 0 Å². The molecule has 0 fully saturated rings. The van der Waals surface area contributed by atoms with Crippen LogP contribution < -0.4 is 4.90 Å². The number of carbonyl (C=O) groups excluding carboxylic acids is 2. The van der Waals surface area contributed by atoms with Gasteiger partial charge in [0.05, 0.1) is 24.6 Å². The van der Waals surface area contributed by atoms with Crippen LogP contribution >= 0.6 is 11.3 Å². The first-order valence-corrected chi connectivity index (χ1v) is 7.81. The first kappa shape index (κ1) is 17.2. The zero-order chi connectivity index (χ0) is 15.7. The van der Waals surface area contributed by atoms with Crippen molar-refractivity contribution in [3.05, 3.63) is 17.0 Å². The maximum Gasteiger partial charge on any atom is 0.306 e. The van der Waals surface area contributed by atoms with E-state index < -0.39 is 5.97 Å². The lowest BCUT2D eigenvalue weighted by atomic mass is 10.1. The lowest BCUT2D eigenvalue weighted by molar-refractivity contribution is -0.141. The Bertz CT molecular complexity index is 519. The fourth-order valence-electron chi connectivity index (χ4n) is 1.82. The minimum atomic E-state index is -0.421. The summed E-state index contributed by atoms with van der Waals surface area (Å²) in [4.78, 5) is 24.7. The van der Waals surface area contributed by atoms with Gasteiger partial charge in [-0.05, 0) is 29.9 Å². The summed E-state index contributed by atoms with van der Waals surface area (Å²) in [5.74, 6) is -0.652. The number of thiophene rings is 1. The summed E-state index contributed by atoms with van der Waals surface area (Å²) in [5.41, 5.74) is 1.18. The van der Waals surface area contributed by atoms with Crippen molar-refractivity contribution in [2.75, 3.05) is 18.6 Å². The van der Waals surface area contributed by atoms with Crippen LogP contribution in [-0.2, 0) is 20.7 Å². The highest BCUT2D eigenvalue weighted by Gasteiger charge is 2.18. The van der Waals surface area contributed by atoms with Crippen molar-refractivity contribution in [2.45, 2.75) is 39.0 Å². The molecule has 0 saturated carbocycles. The molecule has 1 aromatic heterocycles. The second-order valence-electron chi connectivity index (χ2n) is 4.61. The van der Waals surface area contributed by atoms with E-state index in [1.54, 1.807) is 0 Å². The maximum atomic E-state index is 12.2. The number of carbonyl (C=O) groups is 2. The van der Waals surface area contributed by atoms with Crippen LogP contribution in [0.4, 0.5) is 5.00 Å². The van der Waals surface area contributed by atoms with Crippen LogP contribution in [-0.4, -0.2) is 25.5 Å². The molecular formula is C15H20N2O3S. The third-order valence-electron chi connectivity index (χ3n) is 3.03. The molecule has 0 bridgehead atoms. The topological polar surface area (TPSA) is 70.4 Å². The zero-order valence-electron chi connectivity index (χ0n) is 12.4. The van der Waals surface area contributed by atoms with E-state index >= 15 is 0 Å². The highest BCUT2D eigenvalue weighted by Crippen LogP contribution is 2.26. The standard InChI is InChI=1S/C15H20N2O3S/c1-3-4-5-12-10-14(21-11-12)17(9-8-16)13(18)6-7-15(19)20-2/h10-11H,3-7,9H2,1-2H3. The summed E-state index contributed by atoms with van der Waals surface area (Å²) < 4.78 is 4.52. The number of nitriles is 1. The monoisotopic (exact) mass is 308 g/mol. The Morgan fingerprint density at radius 2 is 2.19 bits per heavy atom. The summed E-state index contributed by atoms with van der Waals surface area (Å²) in [5, 5.41) is 11.7. The zero-order valence-corrected chi connectivity index (χ0v) is 13.2. The van der Waals surface area contributed by atoms with Crippen molar-refractivity contribution in [1.29, 1.82) is 5.26 Å². The molecule has 114 valence electrons. The molecule has 0 N–H and O–H groups in total. The summed E-state index contributed by atoms with van der Waals surface area (Å²) in [6.45, 7) is 2.12. The van der Waals surface area contributed by atoms with E-state index in [9.17, 15) is 9.59 Å². The predicted molar refractivity (Wildman–Crippen MR) is 82.1 cm³/mol. The summed E-state index contributed by atoms with van der Waals surface area (Å²) in [6, 6.07) is 3.95. The van der Waals surface area contributed by atoms with E-state index in [-0.39, 0.29) is 25.3 Å². The number of ether oxygens (including phenoxy) is 1. The Labute approximate surface area is 129 Å². The van der Waals surface area contributed by atoms with Gasteiger partial charge in [-0.25, -0.2) is 0 Å². The molecule has 0 aliphatic heterocycles. The van der Waals surface area contributed by atoms with Crippen molar-refractivity contribution < 1.29 is 14.3 Å². The van der Waals surface area contributed by atoms with E-state index in [0.29, 0.717) is 0 Å². The van der Waals surface area contributed by atoms with Crippen molar-refractivity contribution in [3.63, 3.8) is 0 Å². The van der Waals surface area contributed by atoms with Crippen LogP contribution in [0.15, 0.2) is 11.4 Å². The van der Waals surface area contributed by atoms with Crippen LogP contribution in [0.2, 0.25) is 0 Å². The average Bonchev–Trinajstić information content (AvgIpc) is 2.96. The predicted octanol–water partition coefficient (Wildman–Crippen LogP) is 2.90. The number of unbranched alkanes of at least 4 members (excludes halogenated alkanes) is 1. The van der Waals surface area contributed by atoms with Crippen molar-refractivity contribution in [3.8, 4) is 6.07 Å². The van der Waals surface area contributed by atoms with Crippen LogP contribution in [0, 0.1) is 11.3 Å². The fourth-order valence-corrected chi connectivity index (χ4v) is 2.79. The summed E-state index contributed by atoms with van der Waals surface area (Å²) >= 11 is 1.45. The minimum absolute atomic E-state index is 0.00621. The lowest BCUT2D eigenvalue weighted by Crippen LogP contribution is -2.30. The van der Waals surface area contributed by atoms with E-state index in [4.69, 9.17) is 5.26 Å². The first-order chi connectivity index (χ1) is 10.1. The fraction of sp³-hybridized carbons (Fsp3) is 0.533. The van der Waals surface area contributed by atoms with E-state index in [2.05, 4.69) is 11.7 Å². The number of methoxy groups -OCH3 is 1. The summed E-state index contributed by atoms with van der Waals surface area (Å²) in [7, 11) is 1.29. The van der Waals surface area contributed by atoms with Crippen molar-refractivity contribution in [1.82, 2.24) is 0 Å². The number of anilines is 1. The Morgan fingerprint density at radius 1 is 1.43 bits per heavy atom. The van der Waals surface area contributed by atoms with Gasteiger partial charge in [0.2, 0.25) is 5.91 Å². The van der Waals surface area contributed by atoms with Gasteiger partial charge >= 0.3 is 5.97 Å². The van der Waals surface area contributed by atoms with Crippen molar-refractivity contribution in [2.24, 2.45) is 0 Å². The number of hydrogen-bond acceptors (Lipinski definition) is 5. The SMILES string of the molecule is CCCCc1csc(N(CC#N)C(=O)CCC(=O)OC)c1. The second-order valence-corrected chi connectivity index (χ2v) is 5.50. The third kappa shape index (κ3) is 5.56. The van der Waals surface area contributed by atoms with E-state index in [1.807, 2.05) is 17.5 Å². The normalized spacial score (nSPS) is 9.95. The van der Waals surface area contributed by atoms with Gasteiger partial charge in [0.1, 0.15) is 6.54 Å². The lowest BCUT2D eigenvalue weighted by Gasteiger charge is -2.17. The number of esters is 1. The third-order valence-corrected chi connectivity index (χ3v) is 4.03. The molecule has 6 heteroatoms. The molecule has 0 spiro atoms. The molecule has 1 heterocycles. The van der Waals surface area contributed by atoms with Crippen LogP contribution in [0.25, 0.3) is 0 Å². The molecule has 21 heavy (non-hydrogen) atoms. The Morgan fingerprint density at radius 3 is 2.81 bits per heavy atom. The van der Waals surface area contributed by atoms with Gasteiger partial charge in [-0.2, -0.15) is 5.26 Å². The molecule has 0 radical (unpaired) electrons. The first-order valence-electron chi connectivity index (χ1n) is 6.93. The van der Waals surface area contributed by atoms with Crippen LogP contribution in [0.1, 0.15) is 38.2 Å². The average molecular weight is 308 g/mol. The van der Waals surface area contributed by atoms with Gasteiger partial charge in [-0.3, -0.25) is 14.5 Å². The Balaban J connectivity index is 2.71. The largest absolute Gasteiger partial charge is 0.469 e. The Kier molecular flexibility index (Phi) is 7.48. The highest BCUT2D eigenvalue weighted by molar-refractivity contribution is 7.14. The highest BCUT2D eigenvalue weighted by atomic mass is 32.1. The number of aryl methyl sites for hydroxylation is 1. The molecule has 0 aliphatic rings. The van der Waals surface area contributed by atoms with Crippen molar-refractivity contribution >= 4 is 28.2 Å². The van der Waals surface area contributed by atoms with Gasteiger partial charge in [0, 0.05) is 6.42 Å². The number of hydrogen-bond donors (Lipinski definition) is 0. The van der Waals surface area contributed by atoms with E-state index in [1.165, 1.54) is 28.9 Å². The molecule has 0 aliphatic carbocycles. The molecule has 1 amide bonds.